The van der Waals surface area contributed by atoms with Crippen LogP contribution in [0, 0.1) is 5.92 Å². The number of carbonyl (C=O) groups excluding carboxylic acids is 3. The third-order valence-electron chi connectivity index (χ3n) is 7.83. The Kier molecular flexibility index (Phi) is 12.6. The number of nitrogens with one attached hydrogen (secondary N) is 4. The predicted octanol–water partition coefficient (Wildman–Crippen LogP) is 6.34. The van der Waals surface area contributed by atoms with Crippen LogP contribution in [-0.4, -0.2) is 55.7 Å². The summed E-state index contributed by atoms with van der Waals surface area (Å²) in [5.74, 6) is 0.210. The number of rotatable bonds is 13. The summed E-state index contributed by atoms with van der Waals surface area (Å²) in [7, 11) is 0. The van der Waals surface area contributed by atoms with Gasteiger partial charge in [0.25, 0.3) is 5.91 Å². The zero-order chi connectivity index (χ0) is 31.1. The molecule has 9 heteroatoms. The Bertz CT molecular complexity index is 1300. The summed E-state index contributed by atoms with van der Waals surface area (Å²) in [5, 5.41) is 11.3. The Morgan fingerprint density at radius 1 is 0.818 bits per heavy atom. The average molecular weight is 600 g/mol. The van der Waals surface area contributed by atoms with E-state index in [2.05, 4.69) is 74.7 Å². The molecular weight excluding hydrogens is 554 g/mol. The van der Waals surface area contributed by atoms with Gasteiger partial charge in [-0.3, -0.25) is 9.69 Å². The van der Waals surface area contributed by atoms with E-state index in [4.69, 9.17) is 4.74 Å². The monoisotopic (exact) mass is 599 g/mol. The lowest BCUT2D eigenvalue weighted by Crippen LogP contribution is -2.40. The van der Waals surface area contributed by atoms with Crippen LogP contribution in [0.3, 0.4) is 0 Å². The molecule has 0 radical (unpaired) electrons. The second kappa shape index (κ2) is 17.1. The lowest BCUT2D eigenvalue weighted by atomic mass is 9.91. The Morgan fingerprint density at radius 2 is 1.48 bits per heavy atom. The zero-order valence-electron chi connectivity index (χ0n) is 25.8. The fourth-order valence-electron chi connectivity index (χ4n) is 5.43. The Balaban J connectivity index is 1.39. The van der Waals surface area contributed by atoms with Gasteiger partial charge in [-0.2, -0.15) is 0 Å². The molecule has 1 aliphatic heterocycles. The van der Waals surface area contributed by atoms with Crippen molar-refractivity contribution in [3.8, 4) is 5.75 Å². The van der Waals surface area contributed by atoms with Gasteiger partial charge in [0.1, 0.15) is 5.75 Å². The minimum atomic E-state index is -0.581. The van der Waals surface area contributed by atoms with Gasteiger partial charge in [0.05, 0.1) is 17.3 Å². The molecule has 0 aliphatic carbocycles. The van der Waals surface area contributed by atoms with Gasteiger partial charge < -0.3 is 26.0 Å². The van der Waals surface area contributed by atoms with Crippen LogP contribution < -0.4 is 26.0 Å². The highest BCUT2D eigenvalue weighted by atomic mass is 16.6. The number of benzene rings is 3. The molecule has 3 aromatic rings. The zero-order valence-corrected chi connectivity index (χ0v) is 25.8. The van der Waals surface area contributed by atoms with Crippen molar-refractivity contribution in [3.05, 3.63) is 95.6 Å². The first-order valence-corrected chi connectivity index (χ1v) is 15.7. The molecule has 0 saturated carbocycles. The lowest BCUT2D eigenvalue weighted by Gasteiger charge is -2.38. The number of piperidine rings is 1. The highest BCUT2D eigenvalue weighted by Gasteiger charge is 2.28. The Hall–Kier alpha value is -4.37. The molecule has 1 aliphatic rings. The standard InChI is InChI=1S/C35H45N5O4/c1-3-5-21-37-35(43)44-29-16-17-31(39-34(42)36-20-4-2)30(24-29)33(41)38-25-26-18-22-40(23-19-26)32(27-12-8-6-9-13-27)28-14-10-7-11-15-28/h6-17,24,26,32H,3-5,18-23,25H2,1-2H3,(H,37,43)(H,38,41)(H2,36,39,42). The van der Waals surface area contributed by atoms with Crippen LogP contribution in [0.4, 0.5) is 15.3 Å². The van der Waals surface area contributed by atoms with Crippen molar-refractivity contribution in [1.82, 2.24) is 20.9 Å². The maximum Gasteiger partial charge on any atom is 0.412 e. The molecule has 0 unspecified atom stereocenters. The minimum absolute atomic E-state index is 0.183. The van der Waals surface area contributed by atoms with Gasteiger partial charge in [-0.25, -0.2) is 9.59 Å². The molecule has 4 amide bonds. The van der Waals surface area contributed by atoms with E-state index in [1.54, 1.807) is 12.1 Å². The van der Waals surface area contributed by atoms with Crippen molar-refractivity contribution in [2.24, 2.45) is 5.92 Å². The summed E-state index contributed by atoms with van der Waals surface area (Å²) in [6.45, 7) is 7.36. The van der Waals surface area contributed by atoms with Crippen molar-refractivity contribution in [2.45, 2.75) is 52.0 Å². The summed E-state index contributed by atoms with van der Waals surface area (Å²) in [6.07, 6.45) is 3.89. The molecule has 1 heterocycles. The van der Waals surface area contributed by atoms with Crippen LogP contribution in [-0.2, 0) is 0 Å². The first-order valence-electron chi connectivity index (χ1n) is 15.7. The van der Waals surface area contributed by atoms with Crippen molar-refractivity contribution in [2.75, 3.05) is 38.0 Å². The number of nitrogens with zero attached hydrogens (tertiary/aromatic N) is 1. The van der Waals surface area contributed by atoms with Crippen LogP contribution in [0.1, 0.15) is 73.5 Å². The van der Waals surface area contributed by atoms with E-state index in [1.807, 2.05) is 26.0 Å². The number of carbonyl (C=O) groups is 3. The quantitative estimate of drug-likeness (QED) is 0.171. The van der Waals surface area contributed by atoms with Gasteiger partial charge in [0.2, 0.25) is 0 Å². The van der Waals surface area contributed by atoms with Gasteiger partial charge in [0, 0.05) is 19.6 Å². The number of hydrogen-bond acceptors (Lipinski definition) is 5. The summed E-state index contributed by atoms with van der Waals surface area (Å²) < 4.78 is 5.41. The van der Waals surface area contributed by atoms with Crippen molar-refractivity contribution in [3.63, 3.8) is 0 Å². The van der Waals surface area contributed by atoms with Gasteiger partial charge in [0.15, 0.2) is 0 Å². The number of amides is 4. The highest BCUT2D eigenvalue weighted by Crippen LogP contribution is 2.32. The van der Waals surface area contributed by atoms with E-state index in [0.717, 1.165) is 45.2 Å². The summed E-state index contributed by atoms with van der Waals surface area (Å²) in [5.41, 5.74) is 3.13. The van der Waals surface area contributed by atoms with E-state index in [1.165, 1.54) is 17.2 Å². The molecule has 0 aromatic heterocycles. The van der Waals surface area contributed by atoms with Crippen molar-refractivity contribution >= 4 is 23.7 Å². The topological polar surface area (TPSA) is 112 Å². The number of likely N-dealkylation sites (tertiary alicyclic amines) is 1. The fraction of sp³-hybridized carbons (Fsp3) is 0.400. The van der Waals surface area contributed by atoms with Crippen LogP contribution in [0.15, 0.2) is 78.9 Å². The third-order valence-corrected chi connectivity index (χ3v) is 7.83. The number of anilines is 1. The maximum absolute atomic E-state index is 13.4. The third kappa shape index (κ3) is 9.57. The summed E-state index contributed by atoms with van der Waals surface area (Å²) in [4.78, 5) is 40.6. The average Bonchev–Trinajstić information content (AvgIpc) is 3.05. The minimum Gasteiger partial charge on any atom is -0.410 e. The largest absolute Gasteiger partial charge is 0.412 e. The van der Waals surface area contributed by atoms with Crippen molar-refractivity contribution < 1.29 is 19.1 Å². The molecule has 234 valence electrons. The van der Waals surface area contributed by atoms with Gasteiger partial charge >= 0.3 is 12.1 Å². The smallest absolute Gasteiger partial charge is 0.410 e. The molecule has 0 atom stereocenters. The molecule has 3 aromatic carbocycles. The molecule has 9 nitrogen and oxygen atoms in total. The maximum atomic E-state index is 13.4. The van der Waals surface area contributed by atoms with Crippen LogP contribution in [0.5, 0.6) is 5.75 Å². The van der Waals surface area contributed by atoms with Gasteiger partial charge in [-0.05, 0) is 74.0 Å². The van der Waals surface area contributed by atoms with E-state index in [0.29, 0.717) is 31.2 Å². The lowest BCUT2D eigenvalue weighted by molar-refractivity contribution is 0.0930. The molecule has 44 heavy (non-hydrogen) atoms. The molecule has 4 N–H and O–H groups in total. The van der Waals surface area contributed by atoms with Crippen LogP contribution in [0.2, 0.25) is 0 Å². The number of unbranched alkanes of at least 4 members (excludes halogenated alkanes) is 1. The number of ether oxygens (including phenoxy) is 1. The second-order valence-corrected chi connectivity index (χ2v) is 11.2. The highest BCUT2D eigenvalue weighted by molar-refractivity contribution is 6.04. The SMILES string of the molecule is CCCCNC(=O)Oc1ccc(NC(=O)NCCC)c(C(=O)NCC2CCN(C(c3ccccc3)c3ccccc3)CC2)c1. The van der Waals surface area contributed by atoms with Crippen LogP contribution in [0.25, 0.3) is 0 Å². The van der Waals surface area contributed by atoms with E-state index >= 15 is 0 Å². The van der Waals surface area contributed by atoms with Gasteiger partial charge in [-0.15, -0.1) is 0 Å². The van der Waals surface area contributed by atoms with Gasteiger partial charge in [-0.1, -0.05) is 80.9 Å². The molecule has 0 spiro atoms. The second-order valence-electron chi connectivity index (χ2n) is 11.2. The molecule has 4 rings (SSSR count). The van der Waals surface area contributed by atoms with E-state index in [9.17, 15) is 14.4 Å². The van der Waals surface area contributed by atoms with Crippen LogP contribution >= 0.6 is 0 Å². The summed E-state index contributed by atoms with van der Waals surface area (Å²) in [6, 6.07) is 25.6. The molecule has 1 fully saturated rings. The van der Waals surface area contributed by atoms with E-state index < -0.39 is 12.1 Å². The first kappa shape index (κ1) is 32.5. The fourth-order valence-corrected chi connectivity index (χ4v) is 5.43. The number of hydrogen-bond donors (Lipinski definition) is 4. The Morgan fingerprint density at radius 3 is 2.09 bits per heavy atom. The molecule has 0 bridgehead atoms. The molecular formula is C35H45N5O4. The Labute approximate surface area is 260 Å². The number of urea groups is 1. The van der Waals surface area contributed by atoms with E-state index in [-0.39, 0.29) is 23.3 Å². The normalized spacial score (nSPS) is 13.7. The first-order chi connectivity index (χ1) is 21.5. The predicted molar refractivity (Wildman–Crippen MR) is 174 cm³/mol. The van der Waals surface area contributed by atoms with Crippen molar-refractivity contribution in [1.29, 1.82) is 0 Å². The summed E-state index contributed by atoms with van der Waals surface area (Å²) >= 11 is 0. The molecule has 1 saturated heterocycles.